The van der Waals surface area contributed by atoms with Gasteiger partial charge in [0.1, 0.15) is 5.82 Å². The molecule has 0 radical (unpaired) electrons. The second-order valence-corrected chi connectivity index (χ2v) is 6.97. The molecule has 2 fully saturated rings. The minimum Gasteiger partial charge on any atom is -0.481 e. The number of H-pyrrole nitrogens is 1. The molecule has 1 saturated carbocycles. The number of nitrogens with one attached hydrogen (secondary N) is 1. The van der Waals surface area contributed by atoms with Gasteiger partial charge in [0, 0.05) is 24.5 Å². The molecule has 6 nitrogen and oxygen atoms in total. The van der Waals surface area contributed by atoms with Crippen LogP contribution in [0.25, 0.3) is 10.9 Å². The molecule has 1 amide bonds. The number of aliphatic carboxylic acids is 1. The summed E-state index contributed by atoms with van der Waals surface area (Å²) in [5, 5.41) is 10.1. The largest absolute Gasteiger partial charge is 0.481 e. The lowest BCUT2D eigenvalue weighted by Gasteiger charge is -2.23. The van der Waals surface area contributed by atoms with Crippen molar-refractivity contribution in [3.05, 3.63) is 46.0 Å². The smallest absolute Gasteiger partial charge is 0.311 e. The Morgan fingerprint density at radius 1 is 1.32 bits per heavy atom. The fraction of sp³-hybridized carbons (Fsp3) is 0.389. The van der Waals surface area contributed by atoms with Crippen LogP contribution in [0.3, 0.4) is 0 Å². The molecule has 2 aliphatic rings. The van der Waals surface area contributed by atoms with Crippen LogP contribution in [0.5, 0.6) is 0 Å². The summed E-state index contributed by atoms with van der Waals surface area (Å²) in [7, 11) is 0. The van der Waals surface area contributed by atoms with Gasteiger partial charge in [0.15, 0.2) is 0 Å². The molecule has 0 bridgehead atoms. The van der Waals surface area contributed by atoms with E-state index in [0.29, 0.717) is 18.4 Å². The highest BCUT2D eigenvalue weighted by Gasteiger charge is 2.55. The Morgan fingerprint density at radius 2 is 2.12 bits per heavy atom. The molecule has 2 heterocycles. The molecule has 2 N–H and O–H groups in total. The number of amides is 1. The number of hydrogen-bond donors (Lipinski definition) is 2. The van der Waals surface area contributed by atoms with E-state index >= 15 is 0 Å². The molecule has 1 aliphatic heterocycles. The van der Waals surface area contributed by atoms with E-state index in [1.807, 2.05) is 0 Å². The fourth-order valence-electron chi connectivity index (χ4n) is 4.37. The fourth-order valence-corrected chi connectivity index (χ4v) is 4.37. The maximum absolute atomic E-state index is 13.4. The Bertz CT molecular complexity index is 954. The first-order valence-electron chi connectivity index (χ1n) is 8.26. The van der Waals surface area contributed by atoms with Crippen LogP contribution in [-0.4, -0.2) is 40.0 Å². The number of likely N-dealkylation sites (tertiary alicyclic amines) is 1. The number of aromatic amines is 1. The molecule has 25 heavy (non-hydrogen) atoms. The molecular weight excluding hydrogens is 327 g/mol. The quantitative estimate of drug-likeness (QED) is 0.872. The van der Waals surface area contributed by atoms with Crippen molar-refractivity contribution < 1.29 is 19.1 Å². The highest BCUT2D eigenvalue weighted by atomic mass is 19.1. The minimum absolute atomic E-state index is 0.0559. The summed E-state index contributed by atoms with van der Waals surface area (Å²) >= 11 is 0. The molecule has 2 aromatic rings. The zero-order valence-corrected chi connectivity index (χ0v) is 13.4. The second kappa shape index (κ2) is 5.40. The van der Waals surface area contributed by atoms with Crippen molar-refractivity contribution in [2.45, 2.75) is 19.3 Å². The zero-order chi connectivity index (χ0) is 17.8. The molecule has 1 aromatic carbocycles. The van der Waals surface area contributed by atoms with Crippen LogP contribution in [-0.2, 0) is 4.79 Å². The van der Waals surface area contributed by atoms with Crippen molar-refractivity contribution >= 4 is 22.8 Å². The molecule has 4 rings (SSSR count). The molecule has 1 aliphatic carbocycles. The number of pyridine rings is 1. The Kier molecular flexibility index (Phi) is 3.42. The Balaban J connectivity index is 1.74. The maximum atomic E-state index is 13.4. The van der Waals surface area contributed by atoms with Crippen molar-refractivity contribution in [3.63, 3.8) is 0 Å². The normalized spacial score (nSPS) is 25.3. The van der Waals surface area contributed by atoms with Gasteiger partial charge in [0.05, 0.1) is 16.5 Å². The monoisotopic (exact) mass is 344 g/mol. The predicted molar refractivity (Wildman–Crippen MR) is 87.8 cm³/mol. The number of halogens is 1. The van der Waals surface area contributed by atoms with Crippen molar-refractivity contribution in [3.8, 4) is 0 Å². The topological polar surface area (TPSA) is 90.5 Å². The van der Waals surface area contributed by atoms with Gasteiger partial charge in [-0.2, -0.15) is 0 Å². The number of rotatable bonds is 2. The number of benzene rings is 1. The van der Waals surface area contributed by atoms with Crippen LogP contribution in [0.1, 0.15) is 29.6 Å². The van der Waals surface area contributed by atoms with Crippen molar-refractivity contribution in [1.82, 2.24) is 9.88 Å². The highest BCUT2D eigenvalue weighted by molar-refractivity contribution is 6.06. The van der Waals surface area contributed by atoms with Gasteiger partial charge >= 0.3 is 5.97 Å². The lowest BCUT2D eigenvalue weighted by atomic mass is 9.81. The summed E-state index contributed by atoms with van der Waals surface area (Å²) in [6, 6.07) is 5.06. The van der Waals surface area contributed by atoms with Crippen molar-refractivity contribution in [2.24, 2.45) is 11.3 Å². The summed E-state index contributed by atoms with van der Waals surface area (Å²) < 4.78 is 13.4. The average Bonchev–Trinajstić information content (AvgIpc) is 3.11. The number of carboxylic acid groups (broad SMARTS) is 1. The first kappa shape index (κ1) is 15.8. The van der Waals surface area contributed by atoms with Crippen LogP contribution in [0.4, 0.5) is 4.39 Å². The molecule has 0 spiro atoms. The molecule has 130 valence electrons. The number of carbonyl (C=O) groups excluding carboxylic acids is 1. The van der Waals surface area contributed by atoms with Gasteiger partial charge in [-0.15, -0.1) is 0 Å². The molecule has 1 aromatic heterocycles. The Labute approximate surface area is 142 Å². The van der Waals surface area contributed by atoms with E-state index < -0.39 is 22.8 Å². The van der Waals surface area contributed by atoms with Gasteiger partial charge in [-0.1, -0.05) is 6.42 Å². The summed E-state index contributed by atoms with van der Waals surface area (Å²) in [6.45, 7) is 0.530. The van der Waals surface area contributed by atoms with E-state index in [9.17, 15) is 23.9 Å². The van der Waals surface area contributed by atoms with Gasteiger partial charge in [0.2, 0.25) is 5.56 Å². The van der Waals surface area contributed by atoms with Gasteiger partial charge in [-0.05, 0) is 37.0 Å². The van der Waals surface area contributed by atoms with E-state index in [0.717, 1.165) is 12.8 Å². The molecule has 2 atom stereocenters. The Morgan fingerprint density at radius 3 is 2.84 bits per heavy atom. The van der Waals surface area contributed by atoms with Gasteiger partial charge in [-0.25, -0.2) is 4.39 Å². The minimum atomic E-state index is -0.876. The number of carbonyl (C=O) groups is 2. The van der Waals surface area contributed by atoms with E-state index in [1.54, 1.807) is 0 Å². The standard InChI is InChI=1S/C18H17FN2O4/c19-11-3-4-12-13(7-15(22)20-14(12)6-11)16(23)21-8-10-2-1-5-18(10,9-21)17(24)25/h3-4,6-7,10H,1-2,5,8-9H2,(H,20,22)(H,24,25)/t10-,18+/m0/s1. The average molecular weight is 344 g/mol. The summed E-state index contributed by atoms with van der Waals surface area (Å²) in [4.78, 5) is 40.7. The lowest BCUT2D eigenvalue weighted by molar-refractivity contribution is -0.149. The van der Waals surface area contributed by atoms with Gasteiger partial charge < -0.3 is 15.0 Å². The number of nitrogens with zero attached hydrogens (tertiary/aromatic N) is 1. The van der Waals surface area contributed by atoms with Crippen molar-refractivity contribution in [1.29, 1.82) is 0 Å². The highest BCUT2D eigenvalue weighted by Crippen LogP contribution is 2.49. The number of fused-ring (bicyclic) bond motifs is 2. The third-order valence-electron chi connectivity index (χ3n) is 5.62. The first-order valence-corrected chi connectivity index (χ1v) is 8.26. The van der Waals surface area contributed by atoms with Crippen LogP contribution < -0.4 is 5.56 Å². The maximum Gasteiger partial charge on any atom is 0.311 e. The number of hydrogen-bond acceptors (Lipinski definition) is 3. The SMILES string of the molecule is O=C(c1cc(=O)[nH]c2cc(F)ccc12)N1C[C@@H]2CCC[C@@]2(C(=O)O)C1. The number of carboxylic acids is 1. The third kappa shape index (κ3) is 2.33. The summed E-state index contributed by atoms with van der Waals surface area (Å²) in [5.41, 5.74) is -0.935. The van der Waals surface area contributed by atoms with Crippen LogP contribution >= 0.6 is 0 Å². The van der Waals surface area contributed by atoms with Crippen LogP contribution in [0.2, 0.25) is 0 Å². The van der Waals surface area contributed by atoms with Gasteiger partial charge in [-0.3, -0.25) is 14.4 Å². The second-order valence-electron chi connectivity index (χ2n) is 6.97. The summed E-state index contributed by atoms with van der Waals surface area (Å²) in [6.07, 6.45) is 2.21. The van der Waals surface area contributed by atoms with Crippen LogP contribution in [0, 0.1) is 17.2 Å². The summed E-state index contributed by atoms with van der Waals surface area (Å²) in [5.74, 6) is -1.80. The van der Waals surface area contributed by atoms with E-state index in [2.05, 4.69) is 4.98 Å². The molecule has 1 saturated heterocycles. The third-order valence-corrected chi connectivity index (χ3v) is 5.62. The zero-order valence-electron chi connectivity index (χ0n) is 13.4. The van der Waals surface area contributed by atoms with Gasteiger partial charge in [0.25, 0.3) is 5.91 Å². The van der Waals surface area contributed by atoms with E-state index in [1.165, 1.54) is 29.2 Å². The predicted octanol–water partition coefficient (Wildman–Crippen LogP) is 1.99. The molecule has 7 heteroatoms. The molecule has 0 unspecified atom stereocenters. The first-order chi connectivity index (χ1) is 11.9. The molecular formula is C18H17FN2O4. The van der Waals surface area contributed by atoms with Crippen molar-refractivity contribution in [2.75, 3.05) is 13.1 Å². The van der Waals surface area contributed by atoms with Crippen LogP contribution in [0.15, 0.2) is 29.1 Å². The number of aromatic nitrogens is 1. The Hall–Kier alpha value is -2.70. The van der Waals surface area contributed by atoms with E-state index in [4.69, 9.17) is 0 Å². The lowest BCUT2D eigenvalue weighted by Crippen LogP contribution is -2.37. The van der Waals surface area contributed by atoms with E-state index in [-0.39, 0.29) is 29.4 Å².